The lowest BCUT2D eigenvalue weighted by Gasteiger charge is -2.31. The van der Waals surface area contributed by atoms with Gasteiger partial charge in [-0.1, -0.05) is 44.2 Å². The van der Waals surface area contributed by atoms with E-state index in [2.05, 4.69) is 17.2 Å². The van der Waals surface area contributed by atoms with E-state index in [1.165, 1.54) is 4.90 Å². The van der Waals surface area contributed by atoms with Crippen LogP contribution >= 0.6 is 0 Å². The number of hydrogen-bond donors (Lipinski definition) is 2. The number of hydrogen-bond acceptors (Lipinski definition) is 4. The van der Waals surface area contributed by atoms with Crippen LogP contribution in [0, 0.1) is 0 Å². The predicted octanol–water partition coefficient (Wildman–Crippen LogP) is 3.66. The maximum absolute atomic E-state index is 13.0. The molecule has 30 heavy (non-hydrogen) atoms. The van der Waals surface area contributed by atoms with Gasteiger partial charge in [-0.2, -0.15) is 0 Å². The maximum Gasteiger partial charge on any atom is 0.408 e. The summed E-state index contributed by atoms with van der Waals surface area (Å²) >= 11 is 0. The van der Waals surface area contributed by atoms with Crippen LogP contribution in [-0.4, -0.2) is 48.0 Å². The van der Waals surface area contributed by atoms with Crippen molar-refractivity contribution in [3.8, 4) is 0 Å². The van der Waals surface area contributed by atoms with Gasteiger partial charge in [-0.25, -0.2) is 4.79 Å². The normalized spacial score (nSPS) is 11.9. The van der Waals surface area contributed by atoms with Gasteiger partial charge in [0, 0.05) is 13.1 Å². The fourth-order valence-corrected chi connectivity index (χ4v) is 2.88. The van der Waals surface area contributed by atoms with Crippen molar-refractivity contribution >= 4 is 24.0 Å². The number of carbonyl (C=O) groups excluding carboxylic acids is 3. The molecule has 0 fully saturated rings. The van der Waals surface area contributed by atoms with Crippen LogP contribution in [-0.2, 0) is 14.3 Å². The largest absolute Gasteiger partial charge is 0.444 e. The smallest absolute Gasteiger partial charge is 0.408 e. The average Bonchev–Trinajstić information content (AvgIpc) is 2.68. The Morgan fingerprint density at radius 2 is 1.90 bits per heavy atom. The second-order valence-electron chi connectivity index (χ2n) is 7.96. The lowest BCUT2D eigenvalue weighted by atomic mass is 10.0. The van der Waals surface area contributed by atoms with Gasteiger partial charge in [0.05, 0.1) is 0 Å². The van der Waals surface area contributed by atoms with Crippen LogP contribution in [0.4, 0.5) is 4.79 Å². The lowest BCUT2D eigenvalue weighted by molar-refractivity contribution is -0.140. The fourth-order valence-electron chi connectivity index (χ4n) is 2.88. The fraction of sp³-hybridized carbons (Fsp3) is 0.522. The van der Waals surface area contributed by atoms with E-state index in [1.807, 2.05) is 31.2 Å². The highest BCUT2D eigenvalue weighted by atomic mass is 16.6. The van der Waals surface area contributed by atoms with E-state index in [1.54, 1.807) is 33.8 Å². The van der Waals surface area contributed by atoms with E-state index >= 15 is 0 Å². The minimum atomic E-state index is -0.806. The van der Waals surface area contributed by atoms with E-state index in [9.17, 15) is 14.4 Å². The molecule has 0 aliphatic carbocycles. The molecule has 0 aliphatic heterocycles. The van der Waals surface area contributed by atoms with Crippen LogP contribution in [0.25, 0.3) is 6.08 Å². The molecule has 2 N–H and O–H groups in total. The zero-order chi connectivity index (χ0) is 22.7. The third-order valence-electron chi connectivity index (χ3n) is 4.30. The number of amides is 3. The summed E-state index contributed by atoms with van der Waals surface area (Å²) in [4.78, 5) is 39.3. The number of ether oxygens (including phenoxy) is 1. The Morgan fingerprint density at radius 1 is 1.20 bits per heavy atom. The molecule has 1 aromatic rings. The topological polar surface area (TPSA) is 87.7 Å². The van der Waals surface area contributed by atoms with E-state index < -0.39 is 17.7 Å². The summed E-state index contributed by atoms with van der Waals surface area (Å²) in [5.41, 5.74) is 0.882. The molecule has 0 heterocycles. The molecule has 1 aromatic carbocycles. The van der Waals surface area contributed by atoms with Gasteiger partial charge in [0.25, 0.3) is 0 Å². The van der Waals surface area contributed by atoms with Gasteiger partial charge in [0.1, 0.15) is 18.2 Å². The van der Waals surface area contributed by atoms with Crippen molar-refractivity contribution in [2.24, 2.45) is 0 Å². The van der Waals surface area contributed by atoms with Crippen molar-refractivity contribution in [3.05, 3.63) is 42.0 Å². The number of rotatable bonds is 10. The average molecular weight is 418 g/mol. The van der Waals surface area contributed by atoms with Crippen molar-refractivity contribution < 1.29 is 19.1 Å². The van der Waals surface area contributed by atoms with Gasteiger partial charge in [0.15, 0.2) is 0 Å². The lowest BCUT2D eigenvalue weighted by Crippen LogP contribution is -2.47. The summed E-state index contributed by atoms with van der Waals surface area (Å²) in [5.74, 6) is -0.625. The Labute approximate surface area is 179 Å². The number of nitrogens with zero attached hydrogens (tertiary/aromatic N) is 1. The molecular weight excluding hydrogens is 382 g/mol. The Kier molecular flexibility index (Phi) is 10.1. The van der Waals surface area contributed by atoms with Gasteiger partial charge in [-0.3, -0.25) is 9.59 Å². The van der Waals surface area contributed by atoms with E-state index in [-0.39, 0.29) is 18.4 Å². The van der Waals surface area contributed by atoms with Gasteiger partial charge < -0.3 is 20.3 Å². The highest BCUT2D eigenvalue weighted by Crippen LogP contribution is 2.23. The number of nitrogens with one attached hydrogen (secondary N) is 2. The summed E-state index contributed by atoms with van der Waals surface area (Å²) in [6.07, 6.45) is 2.82. The molecule has 3 amide bonds. The first-order valence-corrected chi connectivity index (χ1v) is 10.4. The molecule has 0 aliphatic rings. The summed E-state index contributed by atoms with van der Waals surface area (Å²) in [5, 5.41) is 5.39. The quantitative estimate of drug-likeness (QED) is 0.569. The second kappa shape index (κ2) is 12.0. The van der Waals surface area contributed by atoms with Gasteiger partial charge >= 0.3 is 6.09 Å². The monoisotopic (exact) mass is 417 g/mol. The molecule has 0 saturated carbocycles. The minimum Gasteiger partial charge on any atom is -0.444 e. The molecule has 1 unspecified atom stereocenters. The first-order chi connectivity index (χ1) is 14.1. The zero-order valence-electron chi connectivity index (χ0n) is 18.8. The molecule has 0 spiro atoms. The van der Waals surface area contributed by atoms with Crippen molar-refractivity contribution in [1.29, 1.82) is 0 Å². The number of unbranched alkanes of at least 4 members (excludes halogenated alkanes) is 1. The number of alkyl carbamates (subject to hydrolysis) is 1. The Balaban J connectivity index is 3.05. The summed E-state index contributed by atoms with van der Waals surface area (Å²) in [6.45, 7) is 13.4. The van der Waals surface area contributed by atoms with Crippen LogP contribution < -0.4 is 10.6 Å². The Hall–Kier alpha value is -2.83. The molecule has 166 valence electrons. The number of carbonyl (C=O) groups is 3. The third kappa shape index (κ3) is 8.27. The molecule has 7 heteroatoms. The number of benzene rings is 1. The first-order valence-electron chi connectivity index (χ1n) is 10.4. The molecule has 0 aromatic heterocycles. The molecular formula is C23H35N3O4. The van der Waals surface area contributed by atoms with E-state index in [4.69, 9.17) is 4.74 Å². The molecule has 7 nitrogen and oxygen atoms in total. The summed E-state index contributed by atoms with van der Waals surface area (Å²) in [7, 11) is 0. The standard InChI is InChI=1S/C23H35N3O4/c1-7-10-14-24-21(28)20(18-13-11-12-17(8-2)15-18)26(9-3)19(27)16-25-22(29)30-23(4,5)6/h8,11-13,15,20H,2,7,9-10,14,16H2,1,3-6H3,(H,24,28)(H,25,29). The molecule has 0 saturated heterocycles. The van der Waals surface area contributed by atoms with Crippen LogP contribution in [0.3, 0.4) is 0 Å². The number of likely N-dealkylation sites (N-methyl/N-ethyl adjacent to an activating group) is 1. The van der Waals surface area contributed by atoms with Crippen molar-refractivity contribution in [1.82, 2.24) is 15.5 Å². The van der Waals surface area contributed by atoms with Gasteiger partial charge in [-0.05, 0) is 51.3 Å². The van der Waals surface area contributed by atoms with E-state index in [0.29, 0.717) is 18.7 Å². The first kappa shape index (κ1) is 25.2. The highest BCUT2D eigenvalue weighted by molar-refractivity contribution is 5.90. The SMILES string of the molecule is C=Cc1cccc(C(C(=O)NCCCC)N(CC)C(=O)CNC(=O)OC(C)(C)C)c1. The predicted molar refractivity (Wildman–Crippen MR) is 119 cm³/mol. The van der Waals surface area contributed by atoms with Crippen LogP contribution in [0.1, 0.15) is 64.6 Å². The van der Waals surface area contributed by atoms with Crippen LogP contribution in [0.15, 0.2) is 30.8 Å². The minimum absolute atomic E-state index is 0.253. The van der Waals surface area contributed by atoms with Gasteiger partial charge in [0.2, 0.25) is 11.8 Å². The maximum atomic E-state index is 13.0. The third-order valence-corrected chi connectivity index (χ3v) is 4.30. The van der Waals surface area contributed by atoms with Crippen molar-refractivity contribution in [3.63, 3.8) is 0 Å². The summed E-state index contributed by atoms with van der Waals surface area (Å²) in [6, 6.07) is 6.56. The van der Waals surface area contributed by atoms with Gasteiger partial charge in [-0.15, -0.1) is 0 Å². The van der Waals surface area contributed by atoms with Crippen LogP contribution in [0.2, 0.25) is 0 Å². The summed E-state index contributed by atoms with van der Waals surface area (Å²) < 4.78 is 5.18. The molecule has 1 atom stereocenters. The Bertz CT molecular complexity index is 740. The van der Waals surface area contributed by atoms with Crippen molar-refractivity contribution in [2.75, 3.05) is 19.6 Å². The highest BCUT2D eigenvalue weighted by Gasteiger charge is 2.30. The van der Waals surface area contributed by atoms with Crippen molar-refractivity contribution in [2.45, 2.75) is 59.1 Å². The zero-order valence-corrected chi connectivity index (χ0v) is 18.8. The molecule has 1 rings (SSSR count). The van der Waals surface area contributed by atoms with Crippen LogP contribution in [0.5, 0.6) is 0 Å². The van der Waals surface area contributed by atoms with E-state index in [0.717, 1.165) is 18.4 Å². The molecule has 0 radical (unpaired) electrons. The second-order valence-corrected chi connectivity index (χ2v) is 7.96. The molecule has 0 bridgehead atoms. The Morgan fingerprint density at radius 3 is 2.47 bits per heavy atom.